The van der Waals surface area contributed by atoms with E-state index in [1.807, 2.05) is 47.7 Å². The zero-order valence-electron chi connectivity index (χ0n) is 39.1. The quantitative estimate of drug-likeness (QED) is 0.141. The van der Waals surface area contributed by atoms with Crippen LogP contribution < -0.4 is 0 Å². The van der Waals surface area contributed by atoms with Gasteiger partial charge >= 0.3 is 0 Å². The van der Waals surface area contributed by atoms with Crippen molar-refractivity contribution in [1.82, 2.24) is 35.3 Å². The molecule has 6 heterocycles. The largest absolute Gasteiger partial charge is 0.361 e. The summed E-state index contributed by atoms with van der Waals surface area (Å²) in [6.07, 6.45) is 11.3. The Kier molecular flexibility index (Phi) is 15.9. The monoisotopic (exact) mass is 870 g/mol. The summed E-state index contributed by atoms with van der Waals surface area (Å²) in [7, 11) is 0. The van der Waals surface area contributed by atoms with Gasteiger partial charge in [0.1, 0.15) is 0 Å². The van der Waals surface area contributed by atoms with E-state index in [2.05, 4.69) is 211 Å². The summed E-state index contributed by atoms with van der Waals surface area (Å²) in [5.41, 5.74) is 9.79. The van der Waals surface area contributed by atoms with E-state index in [0.717, 1.165) is 11.0 Å². The van der Waals surface area contributed by atoms with Gasteiger partial charge in [0.2, 0.25) is 0 Å². The van der Waals surface area contributed by atoms with Gasteiger partial charge in [0, 0.05) is 50.4 Å². The fraction of sp³-hybridized carbons (Fsp3) is 0.396. The molecule has 0 aliphatic rings. The van der Waals surface area contributed by atoms with Gasteiger partial charge in [0.25, 0.3) is 0 Å². The maximum atomic E-state index is 4.21. The molecule has 9 aromatic rings. The minimum absolute atomic E-state index is 0. The lowest BCUT2D eigenvalue weighted by Gasteiger charge is -2.19. The molecule has 0 radical (unpaired) electrons. The SMILES string of the molecule is C.CC(C)(C)c1ccc2[nH]ccc2c1.CC(C)(C)c1cccc2[nH]ncc12.CC(C)(C)c1cccc2sccc12.CC(C)(C)c1cncc2[nH]ncc12.CC(C)(C)c1nccs1. The van der Waals surface area contributed by atoms with Crippen molar-refractivity contribution in [2.24, 2.45) is 0 Å². The van der Waals surface area contributed by atoms with Crippen LogP contribution in [0.1, 0.15) is 139 Å². The van der Waals surface area contributed by atoms with Gasteiger partial charge in [-0.1, -0.05) is 142 Å². The molecule has 0 amide bonds. The van der Waals surface area contributed by atoms with Crippen LogP contribution in [0.5, 0.6) is 0 Å². The fourth-order valence-electron chi connectivity index (χ4n) is 6.85. The number of hydrogen-bond acceptors (Lipinski definition) is 6. The molecular weight excluding hydrogens is 799 g/mol. The van der Waals surface area contributed by atoms with E-state index < -0.39 is 0 Å². The van der Waals surface area contributed by atoms with E-state index in [0.29, 0.717) is 0 Å². The third kappa shape index (κ3) is 13.0. The first-order chi connectivity index (χ1) is 28.4. The molecule has 0 spiro atoms. The highest BCUT2D eigenvalue weighted by molar-refractivity contribution is 7.17. The molecule has 0 fully saturated rings. The number of benzene rings is 3. The van der Waals surface area contributed by atoms with Gasteiger partial charge in [-0.05, 0) is 96.5 Å². The maximum Gasteiger partial charge on any atom is 0.0978 e. The molecule has 6 aromatic heterocycles. The standard InChI is InChI=1S/C12H15N.C12H14S.C11H14N2.C10H13N3.C7H11NS.CH4/c1-12(2,3)10-4-5-11-9(8-10)6-7-13-11;1-12(2,3)10-5-4-6-11-9(10)7-8-13-11;1-11(2,3)9-5-4-6-10-8(9)7-12-13-10;1-10(2,3)8-5-11-6-9-7(8)4-12-13-9;1-7(2,3)6-8-4-5-9-6;/h4-8,13H,1-3H3;4-8H,1-3H3;4-7H,1-3H3,(H,12,13);4-6H,1-3H3,(H,12,13);4-5H,1-3H3;1H4. The number of nitrogens with one attached hydrogen (secondary N) is 3. The molecule has 0 aliphatic heterocycles. The summed E-state index contributed by atoms with van der Waals surface area (Å²) in [6.45, 7) is 33.2. The smallest absolute Gasteiger partial charge is 0.0978 e. The number of thiazole rings is 1. The van der Waals surface area contributed by atoms with Gasteiger partial charge in [-0.3, -0.25) is 15.2 Å². The normalized spacial score (nSPS) is 12.0. The van der Waals surface area contributed by atoms with Crippen LogP contribution in [0, 0.1) is 0 Å². The minimum atomic E-state index is 0. The molecule has 0 unspecified atom stereocenters. The van der Waals surface area contributed by atoms with E-state index in [1.54, 1.807) is 17.5 Å². The van der Waals surface area contributed by atoms with Crippen LogP contribution in [0.2, 0.25) is 0 Å². The topological polar surface area (TPSA) is 98.9 Å². The molecule has 0 atom stereocenters. The van der Waals surface area contributed by atoms with E-state index in [-0.39, 0.29) is 34.5 Å². The zero-order valence-corrected chi connectivity index (χ0v) is 40.7. The van der Waals surface area contributed by atoms with E-state index in [9.17, 15) is 0 Å². The lowest BCUT2D eigenvalue weighted by molar-refractivity contribution is 0.585. The number of rotatable bonds is 0. The molecule has 3 N–H and O–H groups in total. The van der Waals surface area contributed by atoms with E-state index >= 15 is 0 Å². The molecule has 0 bridgehead atoms. The molecule has 3 aromatic carbocycles. The average molecular weight is 870 g/mol. The minimum Gasteiger partial charge on any atom is -0.361 e. The Morgan fingerprint density at radius 1 is 0.484 bits per heavy atom. The van der Waals surface area contributed by atoms with Gasteiger partial charge < -0.3 is 4.98 Å². The Morgan fingerprint density at radius 3 is 1.65 bits per heavy atom. The molecule has 0 saturated heterocycles. The molecule has 62 heavy (non-hydrogen) atoms. The van der Waals surface area contributed by atoms with Crippen molar-refractivity contribution in [3.8, 4) is 0 Å². The summed E-state index contributed by atoms with van der Waals surface area (Å²) in [5, 5.41) is 24.5. The number of nitrogens with zero attached hydrogens (tertiary/aromatic N) is 4. The second-order valence-corrected chi connectivity index (χ2v) is 22.5. The average Bonchev–Trinajstić information content (AvgIpc) is 4.02. The van der Waals surface area contributed by atoms with Crippen molar-refractivity contribution in [3.63, 3.8) is 0 Å². The van der Waals surface area contributed by atoms with Crippen molar-refractivity contribution in [2.75, 3.05) is 0 Å². The van der Waals surface area contributed by atoms with Crippen LogP contribution in [0.15, 0.2) is 115 Å². The molecule has 7 nitrogen and oxygen atoms in total. The van der Waals surface area contributed by atoms with E-state index in [4.69, 9.17) is 0 Å². The summed E-state index contributed by atoms with van der Waals surface area (Å²) in [4.78, 5) is 11.6. The molecule has 0 aliphatic carbocycles. The first kappa shape index (κ1) is 49.5. The van der Waals surface area contributed by atoms with Crippen molar-refractivity contribution in [1.29, 1.82) is 0 Å². The third-order valence-electron chi connectivity index (χ3n) is 10.3. The molecular formula is C53H71N7S2. The van der Waals surface area contributed by atoms with Gasteiger partial charge in [-0.2, -0.15) is 10.2 Å². The van der Waals surface area contributed by atoms with Crippen molar-refractivity contribution < 1.29 is 0 Å². The lowest BCUT2D eigenvalue weighted by atomic mass is 9.85. The fourth-order valence-corrected chi connectivity index (χ4v) is 8.39. The van der Waals surface area contributed by atoms with Crippen LogP contribution >= 0.6 is 22.7 Å². The Hall–Kier alpha value is -5.12. The number of hydrogen-bond donors (Lipinski definition) is 3. The Balaban J connectivity index is 0.000000171. The molecule has 9 rings (SSSR count). The summed E-state index contributed by atoms with van der Waals surface area (Å²) >= 11 is 3.54. The summed E-state index contributed by atoms with van der Waals surface area (Å²) in [6, 6.07) is 23.8. The number of H-pyrrole nitrogens is 3. The number of aromatic amines is 3. The van der Waals surface area contributed by atoms with Crippen LogP contribution in [-0.4, -0.2) is 35.3 Å². The zero-order chi connectivity index (χ0) is 44.8. The summed E-state index contributed by atoms with van der Waals surface area (Å²) < 4.78 is 1.40. The van der Waals surface area contributed by atoms with Crippen molar-refractivity contribution in [3.05, 3.63) is 142 Å². The van der Waals surface area contributed by atoms with Gasteiger partial charge in [0.15, 0.2) is 0 Å². The number of pyridine rings is 1. The summed E-state index contributed by atoms with van der Waals surface area (Å²) in [5.74, 6) is 0. The predicted octanol–water partition coefficient (Wildman–Crippen LogP) is 15.9. The Bertz CT molecular complexity index is 2530. The van der Waals surface area contributed by atoms with E-state index in [1.165, 1.54) is 59.0 Å². The predicted molar refractivity (Wildman–Crippen MR) is 272 cm³/mol. The molecule has 9 heteroatoms. The Labute approximate surface area is 379 Å². The second kappa shape index (κ2) is 19.9. The van der Waals surface area contributed by atoms with Gasteiger partial charge in [0.05, 0.1) is 34.6 Å². The first-order valence-electron chi connectivity index (χ1n) is 21.1. The Morgan fingerprint density at radius 2 is 1.08 bits per heavy atom. The first-order valence-corrected chi connectivity index (χ1v) is 22.8. The number of thiophene rings is 1. The van der Waals surface area contributed by atoms with Crippen LogP contribution in [0.3, 0.4) is 0 Å². The van der Waals surface area contributed by atoms with Gasteiger partial charge in [-0.15, -0.1) is 22.7 Å². The van der Waals surface area contributed by atoms with Crippen LogP contribution in [0.25, 0.3) is 42.8 Å². The third-order valence-corrected chi connectivity index (χ3v) is 12.3. The highest BCUT2D eigenvalue weighted by atomic mass is 32.1. The lowest BCUT2D eigenvalue weighted by Crippen LogP contribution is -2.11. The number of fused-ring (bicyclic) bond motifs is 4. The highest BCUT2D eigenvalue weighted by Crippen LogP contribution is 2.33. The van der Waals surface area contributed by atoms with Crippen LogP contribution in [0.4, 0.5) is 0 Å². The highest BCUT2D eigenvalue weighted by Gasteiger charge is 2.19. The number of aromatic nitrogens is 7. The van der Waals surface area contributed by atoms with Gasteiger partial charge in [-0.25, -0.2) is 4.98 Å². The maximum absolute atomic E-state index is 4.21. The molecule has 0 saturated carbocycles. The van der Waals surface area contributed by atoms with Crippen molar-refractivity contribution >= 4 is 65.5 Å². The van der Waals surface area contributed by atoms with Crippen molar-refractivity contribution in [2.45, 2.75) is 138 Å². The molecule has 330 valence electrons. The second-order valence-electron chi connectivity index (χ2n) is 20.7. The van der Waals surface area contributed by atoms with Crippen LogP contribution in [-0.2, 0) is 27.1 Å².